The fourth-order valence-electron chi connectivity index (χ4n) is 3.89. The van der Waals surface area contributed by atoms with Gasteiger partial charge >= 0.3 is 0 Å². The van der Waals surface area contributed by atoms with E-state index >= 15 is 0 Å². The molecule has 0 unspecified atom stereocenters. The number of amides is 4. The summed E-state index contributed by atoms with van der Waals surface area (Å²) in [5.74, 6) is -0.785. The molecule has 4 aromatic rings. The zero-order chi connectivity index (χ0) is 31.3. The number of furan rings is 2. The highest BCUT2D eigenvalue weighted by Gasteiger charge is 2.10. The summed E-state index contributed by atoms with van der Waals surface area (Å²) >= 11 is 0. The van der Waals surface area contributed by atoms with E-state index in [0.29, 0.717) is 35.6 Å². The van der Waals surface area contributed by atoms with Gasteiger partial charge in [0.25, 0.3) is 11.8 Å². The Morgan fingerprint density at radius 2 is 0.977 bits per heavy atom. The van der Waals surface area contributed by atoms with Crippen LogP contribution in [0.5, 0.6) is 0 Å². The molecule has 12 nitrogen and oxygen atoms in total. The van der Waals surface area contributed by atoms with Crippen molar-refractivity contribution in [3.8, 4) is 0 Å². The van der Waals surface area contributed by atoms with Crippen LogP contribution in [0.4, 0.5) is 11.4 Å². The van der Waals surface area contributed by atoms with Crippen LogP contribution in [0.15, 0.2) is 104 Å². The third kappa shape index (κ3) is 9.38. The van der Waals surface area contributed by atoms with Crippen LogP contribution in [0.25, 0.3) is 0 Å². The quantitative estimate of drug-likeness (QED) is 0.0926. The van der Waals surface area contributed by atoms with Crippen LogP contribution in [-0.4, -0.2) is 35.1 Å². The Hall–Kier alpha value is -5.78. The van der Waals surface area contributed by atoms with Crippen molar-refractivity contribution >= 4 is 46.4 Å². The molecule has 2 aromatic heterocycles. The maximum atomic E-state index is 12.2. The number of anilines is 2. The molecule has 12 heteroatoms. The number of hydrazone groups is 2. The van der Waals surface area contributed by atoms with Crippen LogP contribution in [0.3, 0.4) is 0 Å². The molecule has 4 N–H and O–H groups in total. The molecule has 0 saturated heterocycles. The Labute approximate surface area is 253 Å². The van der Waals surface area contributed by atoms with Gasteiger partial charge in [0.05, 0.1) is 23.9 Å². The van der Waals surface area contributed by atoms with Crippen molar-refractivity contribution in [2.24, 2.45) is 10.2 Å². The van der Waals surface area contributed by atoms with Crippen molar-refractivity contribution in [1.29, 1.82) is 0 Å². The van der Waals surface area contributed by atoms with Crippen LogP contribution in [0, 0.1) is 0 Å². The van der Waals surface area contributed by atoms with Gasteiger partial charge in [0.1, 0.15) is 0 Å². The lowest BCUT2D eigenvalue weighted by atomic mass is 10.1. The summed E-state index contributed by atoms with van der Waals surface area (Å²) in [5, 5.41) is 13.8. The van der Waals surface area contributed by atoms with Crippen LogP contribution < -0.4 is 21.5 Å². The highest BCUT2D eigenvalue weighted by molar-refractivity contribution is 6.04. The van der Waals surface area contributed by atoms with Gasteiger partial charge in [0, 0.05) is 24.2 Å². The molecule has 4 amide bonds. The molecule has 0 atom stereocenters. The molecule has 0 radical (unpaired) electrons. The minimum Gasteiger partial charge on any atom is -0.459 e. The molecule has 2 aromatic carbocycles. The molecule has 0 aliphatic carbocycles. The molecule has 0 fully saturated rings. The number of nitrogens with zero attached hydrogens (tertiary/aromatic N) is 2. The lowest BCUT2D eigenvalue weighted by Crippen LogP contribution is -2.20. The number of rotatable bonds is 13. The summed E-state index contributed by atoms with van der Waals surface area (Å²) in [6, 6.07) is 20.5. The molecule has 44 heavy (non-hydrogen) atoms. The smallest absolute Gasteiger partial charge is 0.291 e. The Bertz CT molecular complexity index is 1500. The molecule has 0 spiro atoms. The van der Waals surface area contributed by atoms with E-state index in [1.807, 2.05) is 0 Å². The Kier molecular flexibility index (Phi) is 10.9. The second-order valence-corrected chi connectivity index (χ2v) is 9.69. The largest absolute Gasteiger partial charge is 0.459 e. The van der Waals surface area contributed by atoms with Gasteiger partial charge in [-0.2, -0.15) is 10.2 Å². The minimum absolute atomic E-state index is 0.215. The van der Waals surface area contributed by atoms with Gasteiger partial charge in [0.15, 0.2) is 11.5 Å². The van der Waals surface area contributed by atoms with Crippen LogP contribution >= 0.6 is 0 Å². The van der Waals surface area contributed by atoms with Gasteiger partial charge in [-0.15, -0.1) is 0 Å². The van der Waals surface area contributed by atoms with Gasteiger partial charge in [-0.25, -0.2) is 10.9 Å². The van der Waals surface area contributed by atoms with Crippen molar-refractivity contribution in [3.63, 3.8) is 0 Å². The van der Waals surface area contributed by atoms with Crippen molar-refractivity contribution in [2.75, 3.05) is 10.6 Å². The Balaban J connectivity index is 1.12. The van der Waals surface area contributed by atoms with E-state index in [9.17, 15) is 19.2 Å². The van der Waals surface area contributed by atoms with Crippen molar-refractivity contribution in [1.82, 2.24) is 10.9 Å². The van der Waals surface area contributed by atoms with E-state index in [1.54, 1.807) is 86.6 Å². The summed E-state index contributed by atoms with van der Waals surface area (Å²) in [4.78, 5) is 48.6. The molecule has 0 aliphatic rings. The van der Waals surface area contributed by atoms with Crippen LogP contribution in [0.2, 0.25) is 0 Å². The third-order valence-corrected chi connectivity index (χ3v) is 6.37. The number of hydrogen-bond donors (Lipinski definition) is 4. The maximum Gasteiger partial charge on any atom is 0.291 e. The maximum absolute atomic E-state index is 12.2. The van der Waals surface area contributed by atoms with Gasteiger partial charge in [-0.3, -0.25) is 19.2 Å². The lowest BCUT2D eigenvalue weighted by molar-refractivity contribution is -0.123. The van der Waals surface area contributed by atoms with E-state index in [0.717, 1.165) is 11.1 Å². The molecule has 0 aliphatic heterocycles. The molecule has 4 rings (SSSR count). The van der Waals surface area contributed by atoms with Gasteiger partial charge in [-0.05, 0) is 86.3 Å². The second kappa shape index (κ2) is 15.4. The van der Waals surface area contributed by atoms with E-state index in [4.69, 9.17) is 8.83 Å². The topological polar surface area (TPSA) is 167 Å². The van der Waals surface area contributed by atoms with E-state index in [2.05, 4.69) is 31.7 Å². The first-order chi connectivity index (χ1) is 21.3. The zero-order valence-electron chi connectivity index (χ0n) is 24.3. The first-order valence-electron chi connectivity index (χ1n) is 13.9. The standard InChI is InChI=1S/C32H32N6O6/c1-21(23-11-15-25(16-12-23)33-31(41)27-7-5-19-43-27)35-37-29(39)9-3-4-10-30(40)38-36-22(2)24-13-17-26(18-14-24)34-32(42)28-8-6-20-44-28/h5-8,11-20H,3-4,9-10H2,1-2H3,(H,33,41)(H,34,42)(H,37,39)(H,38,40). The minimum atomic E-state index is -0.349. The number of benzene rings is 2. The summed E-state index contributed by atoms with van der Waals surface area (Å²) in [7, 11) is 0. The lowest BCUT2D eigenvalue weighted by Gasteiger charge is -2.06. The monoisotopic (exact) mass is 596 g/mol. The van der Waals surface area contributed by atoms with E-state index < -0.39 is 0 Å². The molecular weight excluding hydrogens is 564 g/mol. The zero-order valence-corrected chi connectivity index (χ0v) is 24.3. The third-order valence-electron chi connectivity index (χ3n) is 6.37. The fraction of sp³-hybridized carbons (Fsp3) is 0.188. The molecule has 0 saturated carbocycles. The fourth-order valence-corrected chi connectivity index (χ4v) is 3.89. The van der Waals surface area contributed by atoms with Crippen LogP contribution in [-0.2, 0) is 9.59 Å². The number of carbonyl (C=O) groups is 4. The second-order valence-electron chi connectivity index (χ2n) is 9.69. The van der Waals surface area contributed by atoms with Crippen molar-refractivity contribution in [3.05, 3.63) is 108 Å². The molecule has 226 valence electrons. The molecular formula is C32H32N6O6. The van der Waals surface area contributed by atoms with Gasteiger partial charge < -0.3 is 19.5 Å². The highest BCUT2D eigenvalue weighted by Crippen LogP contribution is 2.14. The summed E-state index contributed by atoms with van der Waals surface area (Å²) in [5.41, 5.74) is 9.01. The summed E-state index contributed by atoms with van der Waals surface area (Å²) in [6.45, 7) is 3.52. The number of hydrogen-bond acceptors (Lipinski definition) is 8. The Morgan fingerprint density at radius 3 is 1.32 bits per heavy atom. The molecule has 0 bridgehead atoms. The van der Waals surface area contributed by atoms with E-state index in [1.165, 1.54) is 12.5 Å². The molecule has 2 heterocycles. The predicted molar refractivity (Wildman–Crippen MR) is 165 cm³/mol. The van der Waals surface area contributed by atoms with E-state index in [-0.39, 0.29) is 48.0 Å². The highest BCUT2D eigenvalue weighted by atomic mass is 16.3. The first-order valence-corrected chi connectivity index (χ1v) is 13.9. The summed E-state index contributed by atoms with van der Waals surface area (Å²) in [6.07, 6.45) is 4.30. The number of carbonyl (C=O) groups excluding carboxylic acids is 4. The van der Waals surface area contributed by atoms with Crippen molar-refractivity contribution in [2.45, 2.75) is 39.5 Å². The SMILES string of the molecule is CC(=NNC(=O)CCCCC(=O)NN=C(C)c1ccc(NC(=O)c2ccco2)cc1)c1ccc(NC(=O)c2ccco2)cc1. The number of unbranched alkanes of at least 4 members (excludes halogenated alkanes) is 1. The summed E-state index contributed by atoms with van der Waals surface area (Å²) < 4.78 is 10.2. The average molecular weight is 597 g/mol. The first kappa shape index (κ1) is 31.2. The van der Waals surface area contributed by atoms with Gasteiger partial charge in [-0.1, -0.05) is 24.3 Å². The van der Waals surface area contributed by atoms with Gasteiger partial charge in [0.2, 0.25) is 11.8 Å². The predicted octanol–water partition coefficient (Wildman–Crippen LogP) is 5.32. The normalized spacial score (nSPS) is 11.5. The Morgan fingerprint density at radius 1 is 0.591 bits per heavy atom. The number of nitrogens with one attached hydrogen (secondary N) is 4. The van der Waals surface area contributed by atoms with Crippen LogP contribution in [0.1, 0.15) is 71.8 Å². The average Bonchev–Trinajstić information content (AvgIpc) is 3.77. The van der Waals surface area contributed by atoms with Crippen molar-refractivity contribution < 1.29 is 28.0 Å².